The van der Waals surface area contributed by atoms with Gasteiger partial charge in [0, 0.05) is 11.9 Å². The third-order valence-electron chi connectivity index (χ3n) is 2.75. The number of hydrogen-bond donors (Lipinski definition) is 2. The highest BCUT2D eigenvalue weighted by Gasteiger charge is 2.15. The molecule has 19 heavy (non-hydrogen) atoms. The van der Waals surface area contributed by atoms with Gasteiger partial charge in [-0.2, -0.15) is 0 Å². The zero-order chi connectivity index (χ0) is 13.7. The third kappa shape index (κ3) is 3.27. The Bertz CT molecular complexity index is 544. The van der Waals surface area contributed by atoms with Gasteiger partial charge in [0.05, 0.1) is 24.5 Å². The molecule has 0 radical (unpaired) electrons. The normalized spacial score (nSPS) is 12.2. The van der Waals surface area contributed by atoms with E-state index in [1.807, 2.05) is 38.1 Å². The molecule has 0 aliphatic rings. The summed E-state index contributed by atoms with van der Waals surface area (Å²) < 4.78 is 5.45. The summed E-state index contributed by atoms with van der Waals surface area (Å²) in [5, 5.41) is 0. The van der Waals surface area contributed by atoms with Crippen LogP contribution < -0.4 is 16.0 Å². The van der Waals surface area contributed by atoms with Gasteiger partial charge in [0.25, 0.3) is 0 Å². The van der Waals surface area contributed by atoms with Crippen LogP contribution >= 0.6 is 0 Å². The molecule has 0 aliphatic carbocycles. The number of hydrazine groups is 1. The van der Waals surface area contributed by atoms with Crippen molar-refractivity contribution in [2.24, 2.45) is 5.84 Å². The van der Waals surface area contributed by atoms with Crippen LogP contribution in [-0.4, -0.2) is 16.6 Å². The van der Waals surface area contributed by atoms with Gasteiger partial charge in [0.1, 0.15) is 5.75 Å². The number of nitrogens with two attached hydrogens (primary N) is 1. The molecule has 0 bridgehead atoms. The molecule has 1 unspecified atom stereocenters. The number of pyridine rings is 2. The largest absolute Gasteiger partial charge is 0.492 e. The van der Waals surface area contributed by atoms with Gasteiger partial charge in [-0.15, -0.1) is 0 Å². The zero-order valence-electron chi connectivity index (χ0n) is 11.1. The smallest absolute Gasteiger partial charge is 0.137 e. The molecule has 0 saturated carbocycles. The number of aromatic nitrogens is 2. The summed E-state index contributed by atoms with van der Waals surface area (Å²) in [6.07, 6.45) is 3.45. The molecule has 0 aliphatic heterocycles. The molecule has 0 saturated heterocycles. The molecule has 0 amide bonds. The monoisotopic (exact) mass is 258 g/mol. The maximum Gasteiger partial charge on any atom is 0.137 e. The lowest BCUT2D eigenvalue weighted by Crippen LogP contribution is -2.29. The molecule has 1 atom stereocenters. The first kappa shape index (κ1) is 13.5. The Morgan fingerprint density at radius 1 is 1.37 bits per heavy atom. The van der Waals surface area contributed by atoms with E-state index in [0.717, 1.165) is 22.7 Å². The van der Waals surface area contributed by atoms with E-state index in [4.69, 9.17) is 10.6 Å². The SMILES string of the molecule is CCOc1cncc(C(NN)c2cccc(C)n2)c1. The van der Waals surface area contributed by atoms with Crippen molar-refractivity contribution in [3.05, 3.63) is 53.6 Å². The van der Waals surface area contributed by atoms with Crippen LogP contribution in [0.2, 0.25) is 0 Å². The molecule has 0 fully saturated rings. The zero-order valence-corrected chi connectivity index (χ0v) is 11.1. The lowest BCUT2D eigenvalue weighted by Gasteiger charge is -2.16. The minimum absolute atomic E-state index is 0.201. The Morgan fingerprint density at radius 2 is 2.21 bits per heavy atom. The Kier molecular flexibility index (Phi) is 4.43. The molecule has 2 aromatic rings. The summed E-state index contributed by atoms with van der Waals surface area (Å²) in [4.78, 5) is 8.66. The summed E-state index contributed by atoms with van der Waals surface area (Å²) in [6.45, 7) is 4.49. The third-order valence-corrected chi connectivity index (χ3v) is 2.75. The maximum absolute atomic E-state index is 5.65. The van der Waals surface area contributed by atoms with E-state index < -0.39 is 0 Å². The van der Waals surface area contributed by atoms with Gasteiger partial charge in [0.15, 0.2) is 0 Å². The summed E-state index contributed by atoms with van der Waals surface area (Å²) in [7, 11) is 0. The van der Waals surface area contributed by atoms with Crippen molar-refractivity contribution in [1.29, 1.82) is 0 Å². The van der Waals surface area contributed by atoms with E-state index in [2.05, 4.69) is 15.4 Å². The van der Waals surface area contributed by atoms with Crippen molar-refractivity contribution in [2.75, 3.05) is 6.61 Å². The molecule has 0 aromatic carbocycles. The minimum atomic E-state index is -0.201. The molecule has 5 nitrogen and oxygen atoms in total. The molecule has 0 spiro atoms. The second kappa shape index (κ2) is 6.26. The Balaban J connectivity index is 2.33. The Labute approximate surface area is 112 Å². The summed E-state index contributed by atoms with van der Waals surface area (Å²) in [5.74, 6) is 6.38. The van der Waals surface area contributed by atoms with Crippen molar-refractivity contribution in [1.82, 2.24) is 15.4 Å². The van der Waals surface area contributed by atoms with Gasteiger partial charge in [-0.1, -0.05) is 6.07 Å². The van der Waals surface area contributed by atoms with Crippen LogP contribution in [0.5, 0.6) is 5.75 Å². The van der Waals surface area contributed by atoms with Gasteiger partial charge in [-0.25, -0.2) is 5.43 Å². The Hall–Kier alpha value is -1.98. The molecule has 2 aromatic heterocycles. The van der Waals surface area contributed by atoms with E-state index in [1.165, 1.54) is 0 Å². The quantitative estimate of drug-likeness (QED) is 0.631. The van der Waals surface area contributed by atoms with E-state index >= 15 is 0 Å². The number of nitrogens with zero attached hydrogens (tertiary/aromatic N) is 2. The molecule has 3 N–H and O–H groups in total. The maximum atomic E-state index is 5.65. The van der Waals surface area contributed by atoms with Gasteiger partial charge < -0.3 is 4.74 Å². The van der Waals surface area contributed by atoms with Crippen LogP contribution in [0, 0.1) is 6.92 Å². The van der Waals surface area contributed by atoms with E-state index in [0.29, 0.717) is 6.61 Å². The molecular weight excluding hydrogens is 240 g/mol. The van der Waals surface area contributed by atoms with Gasteiger partial charge >= 0.3 is 0 Å². The molecule has 2 heterocycles. The second-order valence-electron chi connectivity index (χ2n) is 4.19. The highest BCUT2D eigenvalue weighted by atomic mass is 16.5. The van der Waals surface area contributed by atoms with Crippen LogP contribution in [0.15, 0.2) is 36.7 Å². The number of aryl methyl sites for hydroxylation is 1. The van der Waals surface area contributed by atoms with Crippen molar-refractivity contribution < 1.29 is 4.74 Å². The fraction of sp³-hybridized carbons (Fsp3) is 0.286. The van der Waals surface area contributed by atoms with Crippen molar-refractivity contribution in [3.63, 3.8) is 0 Å². The predicted molar refractivity (Wildman–Crippen MR) is 73.5 cm³/mol. The number of nitrogens with one attached hydrogen (secondary N) is 1. The summed E-state index contributed by atoms with van der Waals surface area (Å²) in [6, 6.07) is 7.57. The molecule has 2 rings (SSSR count). The second-order valence-corrected chi connectivity index (χ2v) is 4.19. The van der Waals surface area contributed by atoms with Gasteiger partial charge in [0.2, 0.25) is 0 Å². The first-order valence-corrected chi connectivity index (χ1v) is 6.22. The Morgan fingerprint density at radius 3 is 2.89 bits per heavy atom. The fourth-order valence-corrected chi connectivity index (χ4v) is 1.92. The van der Waals surface area contributed by atoms with Gasteiger partial charge in [-0.3, -0.25) is 15.8 Å². The lowest BCUT2D eigenvalue weighted by atomic mass is 10.1. The van der Waals surface area contributed by atoms with Crippen LogP contribution in [-0.2, 0) is 0 Å². The lowest BCUT2D eigenvalue weighted by molar-refractivity contribution is 0.338. The number of hydrogen-bond acceptors (Lipinski definition) is 5. The topological polar surface area (TPSA) is 73.1 Å². The van der Waals surface area contributed by atoms with E-state index in [9.17, 15) is 0 Å². The van der Waals surface area contributed by atoms with Crippen molar-refractivity contribution in [2.45, 2.75) is 19.9 Å². The highest BCUT2D eigenvalue weighted by molar-refractivity contribution is 5.31. The van der Waals surface area contributed by atoms with Crippen molar-refractivity contribution in [3.8, 4) is 5.75 Å². The van der Waals surface area contributed by atoms with E-state index in [-0.39, 0.29) is 6.04 Å². The van der Waals surface area contributed by atoms with Gasteiger partial charge in [-0.05, 0) is 37.6 Å². The number of rotatable bonds is 5. The van der Waals surface area contributed by atoms with Crippen LogP contribution in [0.25, 0.3) is 0 Å². The van der Waals surface area contributed by atoms with Crippen LogP contribution in [0.4, 0.5) is 0 Å². The summed E-state index contributed by atoms with van der Waals surface area (Å²) >= 11 is 0. The minimum Gasteiger partial charge on any atom is -0.492 e. The molecular formula is C14H18N4O. The van der Waals surface area contributed by atoms with Crippen LogP contribution in [0.3, 0.4) is 0 Å². The first-order chi connectivity index (χ1) is 9.24. The highest BCUT2D eigenvalue weighted by Crippen LogP contribution is 2.22. The van der Waals surface area contributed by atoms with Crippen molar-refractivity contribution >= 4 is 0 Å². The van der Waals surface area contributed by atoms with Crippen LogP contribution in [0.1, 0.15) is 29.9 Å². The average Bonchev–Trinajstić information content (AvgIpc) is 2.41. The standard InChI is InChI=1S/C14H18N4O/c1-3-19-12-7-11(8-16-9-12)14(18-15)13-6-4-5-10(2)17-13/h4-9,14,18H,3,15H2,1-2H3. The first-order valence-electron chi connectivity index (χ1n) is 6.22. The van der Waals surface area contributed by atoms with E-state index in [1.54, 1.807) is 12.4 Å². The molecule has 100 valence electrons. The molecule has 5 heteroatoms. The number of ether oxygens (including phenoxy) is 1. The summed E-state index contributed by atoms with van der Waals surface area (Å²) in [5.41, 5.74) is 5.51. The predicted octanol–water partition coefficient (Wildman–Crippen LogP) is 1.74. The fourth-order valence-electron chi connectivity index (χ4n) is 1.92. The average molecular weight is 258 g/mol.